The van der Waals surface area contributed by atoms with Gasteiger partial charge in [-0.1, -0.05) is 13.3 Å². The van der Waals surface area contributed by atoms with E-state index in [0.29, 0.717) is 6.54 Å². The van der Waals surface area contributed by atoms with Crippen molar-refractivity contribution in [1.29, 1.82) is 0 Å². The topological polar surface area (TPSA) is 123 Å². The molecule has 2 N–H and O–H groups in total. The lowest BCUT2D eigenvalue weighted by Gasteiger charge is -2.15. The van der Waals surface area contributed by atoms with Gasteiger partial charge in [0.2, 0.25) is 0 Å². The predicted octanol–water partition coefficient (Wildman–Crippen LogP) is -3.58. The van der Waals surface area contributed by atoms with Crippen LogP contribution in [-0.2, 0) is 4.29 Å². The van der Waals surface area contributed by atoms with Crippen LogP contribution in [0.3, 0.4) is 0 Å². The SMILES string of the molecule is CCCCN1CN(N)C(O[Cl+3]([O-])([O-])[O-])=N1. The molecule has 0 aromatic rings. The van der Waals surface area contributed by atoms with Crippen LogP contribution in [0, 0.1) is 10.2 Å². The van der Waals surface area contributed by atoms with Gasteiger partial charge in [0, 0.05) is 6.54 Å². The second-order valence-electron chi connectivity index (χ2n) is 3.03. The summed E-state index contributed by atoms with van der Waals surface area (Å²) in [5.41, 5.74) is 0. The molecule has 1 heterocycles. The molecule has 0 atom stereocenters. The maximum absolute atomic E-state index is 10.3. The van der Waals surface area contributed by atoms with E-state index in [2.05, 4.69) is 9.39 Å². The van der Waals surface area contributed by atoms with Gasteiger partial charge in [-0.3, -0.25) is 5.01 Å². The highest BCUT2D eigenvalue weighted by molar-refractivity contribution is 5.73. The monoisotopic (exact) mass is 240 g/mol. The minimum absolute atomic E-state index is 0.209. The van der Waals surface area contributed by atoms with E-state index >= 15 is 0 Å². The van der Waals surface area contributed by atoms with Crippen molar-refractivity contribution in [3.05, 3.63) is 0 Å². The third-order valence-electron chi connectivity index (χ3n) is 1.72. The van der Waals surface area contributed by atoms with E-state index in [1.54, 1.807) is 0 Å². The van der Waals surface area contributed by atoms with Crippen molar-refractivity contribution >= 4 is 6.02 Å². The molecule has 15 heavy (non-hydrogen) atoms. The van der Waals surface area contributed by atoms with Gasteiger partial charge < -0.3 is 0 Å². The third kappa shape index (κ3) is 4.06. The van der Waals surface area contributed by atoms with Gasteiger partial charge in [-0.25, -0.2) is 10.9 Å². The first-order valence-electron chi connectivity index (χ1n) is 4.38. The van der Waals surface area contributed by atoms with Gasteiger partial charge in [-0.2, -0.15) is 14.0 Å². The molecule has 1 rings (SSSR count). The van der Waals surface area contributed by atoms with Crippen LogP contribution >= 0.6 is 0 Å². The highest BCUT2D eigenvalue weighted by Gasteiger charge is 2.34. The van der Waals surface area contributed by atoms with E-state index in [0.717, 1.165) is 17.9 Å². The minimum Gasteiger partial charge on any atom is -0.270 e. The van der Waals surface area contributed by atoms with Crippen molar-refractivity contribution in [2.24, 2.45) is 10.9 Å². The van der Waals surface area contributed by atoms with E-state index in [1.165, 1.54) is 5.01 Å². The fourth-order valence-corrected chi connectivity index (χ4v) is 1.34. The summed E-state index contributed by atoms with van der Waals surface area (Å²) in [7, 11) is -4.54. The van der Waals surface area contributed by atoms with E-state index in [-0.39, 0.29) is 6.67 Å². The van der Waals surface area contributed by atoms with Crippen LogP contribution < -0.4 is 19.8 Å². The summed E-state index contributed by atoms with van der Waals surface area (Å²) in [6.45, 7) is 2.85. The molecule has 0 aliphatic carbocycles. The highest BCUT2D eigenvalue weighted by atomic mass is 35.7. The Labute approximate surface area is 89.2 Å². The largest absolute Gasteiger partial charge is 0.488 e. The highest BCUT2D eigenvalue weighted by Crippen LogP contribution is 2.08. The van der Waals surface area contributed by atoms with Crippen molar-refractivity contribution in [1.82, 2.24) is 10.0 Å². The molecule has 0 radical (unpaired) electrons. The van der Waals surface area contributed by atoms with Crippen molar-refractivity contribution in [3.63, 3.8) is 0 Å². The zero-order valence-electron chi connectivity index (χ0n) is 8.26. The fourth-order valence-electron chi connectivity index (χ4n) is 1.05. The van der Waals surface area contributed by atoms with E-state index in [1.807, 2.05) is 6.92 Å². The molecule has 0 bridgehead atoms. The number of halogens is 1. The normalized spacial score (nSPS) is 17.0. The zero-order chi connectivity index (χ0) is 11.5. The van der Waals surface area contributed by atoms with Crippen LogP contribution in [0.4, 0.5) is 0 Å². The van der Waals surface area contributed by atoms with Gasteiger partial charge in [0.25, 0.3) is 0 Å². The summed E-state index contributed by atoms with van der Waals surface area (Å²) >= 11 is 0. The average Bonchev–Trinajstić information content (AvgIpc) is 2.41. The standard InChI is InChI=1S/C6H13ClN4O4/c1-2-3-4-10-5-11(8)6(9-10)15-7(12,13)14/h2-5,8H2,1H3. The quantitative estimate of drug-likeness (QED) is 0.504. The summed E-state index contributed by atoms with van der Waals surface area (Å²) in [6.07, 6.45) is 1.87. The molecule has 0 amide bonds. The summed E-state index contributed by atoms with van der Waals surface area (Å²) in [4.78, 5) is 0. The molecule has 0 saturated heterocycles. The number of nitrogens with two attached hydrogens (primary N) is 1. The van der Waals surface area contributed by atoms with Gasteiger partial charge in [0.05, 0.1) is 0 Å². The van der Waals surface area contributed by atoms with Gasteiger partial charge in [-0.15, -0.1) is 5.10 Å². The Hall–Kier alpha value is -0.800. The Bertz CT molecular complexity index is 244. The first kappa shape index (κ1) is 12.3. The average molecular weight is 241 g/mol. The first-order chi connectivity index (χ1) is 6.92. The molecule has 8 nitrogen and oxygen atoms in total. The van der Waals surface area contributed by atoms with Gasteiger partial charge >= 0.3 is 6.02 Å². The number of hydrazine groups is 1. The number of amidine groups is 1. The molecule has 0 unspecified atom stereocenters. The van der Waals surface area contributed by atoms with Gasteiger partial charge in [0.15, 0.2) is 0 Å². The third-order valence-corrected chi connectivity index (χ3v) is 2.05. The van der Waals surface area contributed by atoms with Gasteiger partial charge in [0.1, 0.15) is 16.9 Å². The van der Waals surface area contributed by atoms with Crippen molar-refractivity contribution < 1.29 is 28.5 Å². The smallest absolute Gasteiger partial charge is 0.270 e. The number of hydrogen-bond donors (Lipinski definition) is 1. The first-order valence-corrected chi connectivity index (χ1v) is 5.62. The number of unbranched alkanes of at least 4 members (excludes halogenated alkanes) is 1. The maximum Gasteiger partial charge on any atom is 0.488 e. The summed E-state index contributed by atoms with van der Waals surface area (Å²) in [5, 5.41) is 6.22. The van der Waals surface area contributed by atoms with E-state index in [9.17, 15) is 14.0 Å². The molecule has 88 valence electrons. The van der Waals surface area contributed by atoms with E-state index in [4.69, 9.17) is 5.84 Å². The Morgan fingerprint density at radius 1 is 1.53 bits per heavy atom. The van der Waals surface area contributed by atoms with Crippen LogP contribution in [0.25, 0.3) is 0 Å². The Morgan fingerprint density at radius 2 is 2.20 bits per heavy atom. The molecule has 0 spiro atoms. The Morgan fingerprint density at radius 3 is 2.73 bits per heavy atom. The zero-order valence-corrected chi connectivity index (χ0v) is 9.01. The fraction of sp³-hybridized carbons (Fsp3) is 0.833. The lowest BCUT2D eigenvalue weighted by molar-refractivity contribution is -1.92. The lowest BCUT2D eigenvalue weighted by atomic mass is 10.3. The molecular weight excluding hydrogens is 228 g/mol. The van der Waals surface area contributed by atoms with Crippen LogP contribution in [-0.4, -0.2) is 29.3 Å². The number of rotatable bonds is 4. The maximum atomic E-state index is 10.3. The van der Waals surface area contributed by atoms with Crippen LogP contribution in [0.15, 0.2) is 5.10 Å². The second-order valence-corrected chi connectivity index (χ2v) is 3.94. The van der Waals surface area contributed by atoms with Crippen LogP contribution in [0.1, 0.15) is 19.8 Å². The Balaban J connectivity index is 2.49. The van der Waals surface area contributed by atoms with Crippen molar-refractivity contribution in [2.75, 3.05) is 13.2 Å². The van der Waals surface area contributed by atoms with Crippen LogP contribution in [0.5, 0.6) is 0 Å². The summed E-state index contributed by atoms with van der Waals surface area (Å²) < 4.78 is 34.8. The molecule has 0 saturated carbocycles. The lowest BCUT2D eigenvalue weighted by Crippen LogP contribution is -2.63. The number of hydrogen-bond acceptors (Lipinski definition) is 8. The molecule has 0 aromatic carbocycles. The second kappa shape index (κ2) is 4.81. The number of hydrazone groups is 1. The molecule has 1 aliphatic rings. The summed E-state index contributed by atoms with van der Waals surface area (Å²) in [5.74, 6) is 5.38. The molecular formula is C6H13ClN4O4. The number of nitrogens with zero attached hydrogens (tertiary/aromatic N) is 3. The molecule has 0 fully saturated rings. The summed E-state index contributed by atoms with van der Waals surface area (Å²) in [6, 6.07) is -0.400. The Kier molecular flexibility index (Phi) is 3.94. The van der Waals surface area contributed by atoms with Crippen molar-refractivity contribution in [2.45, 2.75) is 19.8 Å². The predicted molar refractivity (Wildman–Crippen MR) is 41.0 cm³/mol. The minimum atomic E-state index is -4.54. The molecule has 0 aromatic heterocycles. The van der Waals surface area contributed by atoms with Gasteiger partial charge in [-0.05, 0) is 10.7 Å². The van der Waals surface area contributed by atoms with E-state index < -0.39 is 16.3 Å². The molecule has 9 heteroatoms. The van der Waals surface area contributed by atoms with Crippen molar-refractivity contribution in [3.8, 4) is 0 Å². The van der Waals surface area contributed by atoms with Crippen LogP contribution in [0.2, 0.25) is 0 Å². The molecule has 1 aliphatic heterocycles.